The Labute approximate surface area is 247 Å². The highest BCUT2D eigenvalue weighted by atomic mass is 19.4. The molecular weight excluding hydrogens is 596 g/mol. The zero-order valence-electron chi connectivity index (χ0n) is 22.7. The van der Waals surface area contributed by atoms with Gasteiger partial charge in [-0.15, -0.1) is 26.3 Å². The molecule has 1 atom stereocenters. The number of aliphatic carboxylic acids is 1. The standard InChI is InChI=1S/C30H25F6N3O5/c31-29(32,33)43-23-12-4-9-20(15-23)28(18-19-7-2-1-3-8-19,21-10-5-13-24(16-21)44-30(34,35)36)39-27(42)38-25(26(40)41)17-22-11-6-14-37-22/h1-5,7-16,25H,6,17-18H2,(H,40,41)(H2,38,39,42)/t25-/m0/s1. The van der Waals surface area contributed by atoms with E-state index in [4.69, 9.17) is 0 Å². The number of urea groups is 1. The van der Waals surface area contributed by atoms with Gasteiger partial charge in [0.25, 0.3) is 0 Å². The van der Waals surface area contributed by atoms with E-state index >= 15 is 0 Å². The first-order valence-electron chi connectivity index (χ1n) is 13.0. The van der Waals surface area contributed by atoms with Gasteiger partial charge in [0.15, 0.2) is 0 Å². The SMILES string of the molecule is O=C(N[C@@H](CC1=CCC=N1)C(=O)O)NC(Cc1ccccc1)(c1cccc(OC(F)(F)F)c1)c1cccc(OC(F)(F)F)c1. The van der Waals surface area contributed by atoms with Crippen molar-refractivity contribution in [3.63, 3.8) is 0 Å². The Hall–Kier alpha value is -5.01. The van der Waals surface area contributed by atoms with Crippen molar-refractivity contribution in [3.8, 4) is 11.5 Å². The molecule has 14 heteroatoms. The van der Waals surface area contributed by atoms with Gasteiger partial charge in [0.2, 0.25) is 0 Å². The number of rotatable bonds is 11. The number of halogens is 6. The minimum Gasteiger partial charge on any atom is -0.480 e. The van der Waals surface area contributed by atoms with E-state index in [1.165, 1.54) is 24.3 Å². The molecule has 1 aliphatic rings. The third-order valence-electron chi connectivity index (χ3n) is 6.49. The maximum atomic E-state index is 13.5. The van der Waals surface area contributed by atoms with Crippen LogP contribution in [0.1, 0.15) is 29.5 Å². The zero-order valence-corrected chi connectivity index (χ0v) is 22.7. The van der Waals surface area contributed by atoms with Crippen LogP contribution in [0, 0.1) is 0 Å². The molecule has 0 fully saturated rings. The second kappa shape index (κ2) is 13.1. The summed E-state index contributed by atoms with van der Waals surface area (Å²) in [5, 5.41) is 14.8. The van der Waals surface area contributed by atoms with Gasteiger partial charge in [0.05, 0.1) is 5.54 Å². The Kier molecular flexibility index (Phi) is 9.50. The van der Waals surface area contributed by atoms with E-state index in [0.717, 1.165) is 24.3 Å². The van der Waals surface area contributed by atoms with E-state index in [1.807, 2.05) is 0 Å². The fourth-order valence-corrected chi connectivity index (χ4v) is 4.72. The number of carbonyl (C=O) groups is 2. The zero-order chi connectivity index (χ0) is 32.0. The summed E-state index contributed by atoms with van der Waals surface area (Å²) in [6.45, 7) is 0. The van der Waals surface area contributed by atoms with E-state index in [0.29, 0.717) is 17.7 Å². The normalized spacial score (nSPS) is 14.0. The molecule has 0 saturated heterocycles. The fraction of sp³-hybridized carbons (Fsp3) is 0.233. The average Bonchev–Trinajstić information content (AvgIpc) is 3.44. The topological polar surface area (TPSA) is 109 Å². The molecule has 4 rings (SSSR count). The average molecular weight is 622 g/mol. The highest BCUT2D eigenvalue weighted by molar-refractivity contribution is 5.84. The van der Waals surface area contributed by atoms with Gasteiger partial charge >= 0.3 is 24.7 Å². The van der Waals surface area contributed by atoms with Gasteiger partial charge in [-0.25, -0.2) is 9.59 Å². The van der Waals surface area contributed by atoms with Crippen LogP contribution in [0.3, 0.4) is 0 Å². The van der Waals surface area contributed by atoms with Crippen molar-refractivity contribution in [2.75, 3.05) is 0 Å². The van der Waals surface area contributed by atoms with E-state index in [2.05, 4.69) is 25.1 Å². The number of nitrogens with one attached hydrogen (secondary N) is 2. The lowest BCUT2D eigenvalue weighted by atomic mass is 9.77. The summed E-state index contributed by atoms with van der Waals surface area (Å²) in [7, 11) is 0. The number of amides is 2. The van der Waals surface area contributed by atoms with Gasteiger partial charge in [0.1, 0.15) is 17.5 Å². The van der Waals surface area contributed by atoms with Crippen molar-refractivity contribution in [3.05, 3.63) is 107 Å². The monoisotopic (exact) mass is 621 g/mol. The van der Waals surface area contributed by atoms with Gasteiger partial charge in [-0.05, 0) is 41.0 Å². The minimum atomic E-state index is -5.07. The molecular formula is C30H25F6N3O5. The molecule has 0 radical (unpaired) electrons. The Morgan fingerprint density at radius 3 is 1.89 bits per heavy atom. The van der Waals surface area contributed by atoms with Crippen molar-refractivity contribution in [2.45, 2.75) is 43.6 Å². The maximum Gasteiger partial charge on any atom is 0.573 e. The highest BCUT2D eigenvalue weighted by Gasteiger charge is 2.40. The van der Waals surface area contributed by atoms with Gasteiger partial charge in [0, 0.05) is 31.2 Å². The number of carbonyl (C=O) groups excluding carboxylic acids is 1. The predicted molar refractivity (Wildman–Crippen MR) is 146 cm³/mol. The van der Waals surface area contributed by atoms with Gasteiger partial charge < -0.3 is 25.2 Å². The molecule has 2 amide bonds. The number of carboxylic acid groups (broad SMARTS) is 1. The molecule has 3 N–H and O–H groups in total. The van der Waals surface area contributed by atoms with Crippen LogP contribution in [0.4, 0.5) is 31.1 Å². The number of benzene rings is 3. The van der Waals surface area contributed by atoms with Crippen molar-refractivity contribution >= 4 is 18.2 Å². The Bertz CT molecular complexity index is 1480. The van der Waals surface area contributed by atoms with Crippen LogP contribution in [0.2, 0.25) is 0 Å². The number of carboxylic acids is 1. The third-order valence-corrected chi connectivity index (χ3v) is 6.49. The van der Waals surface area contributed by atoms with Crippen LogP contribution < -0.4 is 20.1 Å². The summed E-state index contributed by atoms with van der Waals surface area (Å²) >= 11 is 0. The lowest BCUT2D eigenvalue weighted by molar-refractivity contribution is -0.275. The first-order valence-corrected chi connectivity index (χ1v) is 13.0. The Morgan fingerprint density at radius 2 is 1.41 bits per heavy atom. The summed E-state index contributed by atoms with van der Waals surface area (Å²) in [6, 6.07) is 14.9. The molecule has 0 unspecified atom stereocenters. The van der Waals surface area contributed by atoms with Crippen LogP contribution in [-0.2, 0) is 16.8 Å². The van der Waals surface area contributed by atoms with Crippen LogP contribution in [-0.4, -0.2) is 42.1 Å². The number of hydrogen-bond acceptors (Lipinski definition) is 5. The number of ether oxygens (including phenoxy) is 2. The molecule has 44 heavy (non-hydrogen) atoms. The third kappa shape index (κ3) is 8.75. The first kappa shape index (κ1) is 31.9. The van der Waals surface area contributed by atoms with E-state index in [1.54, 1.807) is 42.6 Å². The molecule has 0 aromatic heterocycles. The van der Waals surface area contributed by atoms with Crippen LogP contribution >= 0.6 is 0 Å². The molecule has 0 aliphatic carbocycles. The molecule has 1 heterocycles. The quantitative estimate of drug-likeness (QED) is 0.213. The predicted octanol–water partition coefficient (Wildman–Crippen LogP) is 6.47. The summed E-state index contributed by atoms with van der Waals surface area (Å²) in [5.74, 6) is -2.71. The molecule has 1 aliphatic heterocycles. The summed E-state index contributed by atoms with van der Waals surface area (Å²) in [5.41, 5.74) is -0.968. The van der Waals surface area contributed by atoms with Crippen LogP contribution in [0.15, 0.2) is 95.6 Å². The molecule has 3 aromatic rings. The lowest BCUT2D eigenvalue weighted by Crippen LogP contribution is -2.55. The molecule has 0 saturated carbocycles. The Morgan fingerprint density at radius 1 is 0.841 bits per heavy atom. The van der Waals surface area contributed by atoms with Gasteiger partial charge in [-0.1, -0.05) is 60.7 Å². The summed E-state index contributed by atoms with van der Waals surface area (Å²) in [6.07, 6.45) is -6.79. The number of nitrogens with zero attached hydrogens (tertiary/aromatic N) is 1. The van der Waals surface area contributed by atoms with Gasteiger partial charge in [-0.2, -0.15) is 0 Å². The highest BCUT2D eigenvalue weighted by Crippen LogP contribution is 2.38. The van der Waals surface area contributed by atoms with E-state index in [-0.39, 0.29) is 24.0 Å². The van der Waals surface area contributed by atoms with Crippen molar-refractivity contribution in [1.82, 2.24) is 10.6 Å². The van der Waals surface area contributed by atoms with Gasteiger partial charge in [-0.3, -0.25) is 4.99 Å². The van der Waals surface area contributed by atoms with Crippen LogP contribution in [0.25, 0.3) is 0 Å². The van der Waals surface area contributed by atoms with Crippen molar-refractivity contribution < 1.29 is 50.5 Å². The van der Waals surface area contributed by atoms with Crippen molar-refractivity contribution in [1.29, 1.82) is 0 Å². The van der Waals surface area contributed by atoms with E-state index in [9.17, 15) is 41.0 Å². The number of hydrogen-bond donors (Lipinski definition) is 3. The smallest absolute Gasteiger partial charge is 0.480 e. The second-order valence-electron chi connectivity index (χ2n) is 9.66. The van der Waals surface area contributed by atoms with E-state index < -0.39 is 47.8 Å². The first-order chi connectivity index (χ1) is 20.7. The molecule has 0 bridgehead atoms. The summed E-state index contributed by atoms with van der Waals surface area (Å²) in [4.78, 5) is 29.6. The Balaban J connectivity index is 1.85. The molecule has 0 spiro atoms. The maximum absolute atomic E-state index is 13.5. The fourth-order valence-electron chi connectivity index (χ4n) is 4.72. The number of alkyl halides is 6. The molecule has 232 valence electrons. The minimum absolute atomic E-state index is 0.0163. The van der Waals surface area contributed by atoms with Crippen molar-refractivity contribution in [2.24, 2.45) is 4.99 Å². The number of allylic oxidation sites excluding steroid dienone is 1. The molecule has 8 nitrogen and oxygen atoms in total. The lowest BCUT2D eigenvalue weighted by Gasteiger charge is -2.37. The summed E-state index contributed by atoms with van der Waals surface area (Å²) < 4.78 is 87.1. The molecule has 3 aromatic carbocycles. The largest absolute Gasteiger partial charge is 0.573 e. The second-order valence-corrected chi connectivity index (χ2v) is 9.66. The number of aliphatic imine (C=N–C) groups is 1. The van der Waals surface area contributed by atoms with Crippen LogP contribution in [0.5, 0.6) is 11.5 Å².